The first-order valence-electron chi connectivity index (χ1n) is 8.94. The molecule has 28 heavy (non-hydrogen) atoms. The minimum absolute atomic E-state index is 0.00765. The Labute approximate surface area is 164 Å². The van der Waals surface area contributed by atoms with E-state index in [9.17, 15) is 22.4 Å². The predicted octanol–water partition coefficient (Wildman–Crippen LogP) is 5.02. The van der Waals surface area contributed by atoms with Crippen LogP contribution in [-0.2, 0) is 0 Å². The number of nitrogens with two attached hydrogens (primary N) is 1. The zero-order chi connectivity index (χ0) is 20.6. The second kappa shape index (κ2) is 7.39. The van der Waals surface area contributed by atoms with E-state index in [1.807, 2.05) is 0 Å². The molecule has 1 amide bonds. The Balaban J connectivity index is 2.06. The van der Waals surface area contributed by atoms with Gasteiger partial charge in [-0.15, -0.1) is 0 Å². The standard InChI is InChI=1S/C19H20ClF4N3O/c20-13-9-12(16(25)28)14(21)10-15(13)27-17(5-2-1-3-6-17)18(7-4-8-26-18)11-19(22,23)24/h4,7-10,27H,1-3,5-6,11H2,(H2,25,28). The van der Waals surface area contributed by atoms with Gasteiger partial charge in [-0.25, -0.2) is 4.39 Å². The van der Waals surface area contributed by atoms with Crippen molar-refractivity contribution in [1.29, 1.82) is 0 Å². The fourth-order valence-electron chi connectivity index (χ4n) is 4.19. The molecule has 9 heteroatoms. The van der Waals surface area contributed by atoms with Crippen molar-refractivity contribution in [2.75, 3.05) is 5.32 Å². The highest BCUT2D eigenvalue weighted by Crippen LogP contribution is 2.49. The van der Waals surface area contributed by atoms with E-state index in [-0.39, 0.29) is 16.3 Å². The summed E-state index contributed by atoms with van der Waals surface area (Å²) in [4.78, 5) is 15.5. The van der Waals surface area contributed by atoms with Gasteiger partial charge in [-0.05, 0) is 31.1 Å². The number of aliphatic imine (C=N–C) groups is 1. The molecule has 0 bridgehead atoms. The van der Waals surface area contributed by atoms with Gasteiger partial charge in [-0.1, -0.05) is 36.9 Å². The van der Waals surface area contributed by atoms with Crippen LogP contribution in [0, 0.1) is 5.82 Å². The third kappa shape index (κ3) is 3.87. The van der Waals surface area contributed by atoms with Crippen LogP contribution >= 0.6 is 11.6 Å². The molecule has 1 unspecified atom stereocenters. The molecular formula is C19H20ClF4N3O. The van der Waals surface area contributed by atoms with Crippen molar-refractivity contribution in [2.45, 2.75) is 55.8 Å². The maximum absolute atomic E-state index is 14.3. The molecule has 2 aliphatic rings. The predicted molar refractivity (Wildman–Crippen MR) is 100 cm³/mol. The maximum atomic E-state index is 14.3. The van der Waals surface area contributed by atoms with Crippen molar-refractivity contribution >= 4 is 29.4 Å². The third-order valence-corrected chi connectivity index (χ3v) is 5.78. The Morgan fingerprint density at radius 1 is 1.25 bits per heavy atom. The third-order valence-electron chi connectivity index (χ3n) is 5.46. The Morgan fingerprint density at radius 2 is 1.93 bits per heavy atom. The highest BCUT2D eigenvalue weighted by molar-refractivity contribution is 6.33. The molecule has 1 saturated carbocycles. The number of rotatable bonds is 5. The number of carbonyl (C=O) groups is 1. The molecule has 1 fully saturated rings. The number of benzene rings is 1. The first-order chi connectivity index (χ1) is 13.1. The van der Waals surface area contributed by atoms with Crippen LogP contribution in [-0.4, -0.2) is 29.4 Å². The van der Waals surface area contributed by atoms with Gasteiger partial charge in [0.25, 0.3) is 5.91 Å². The van der Waals surface area contributed by atoms with Crippen LogP contribution in [0.4, 0.5) is 23.2 Å². The number of nitrogens with one attached hydrogen (secondary N) is 1. The summed E-state index contributed by atoms with van der Waals surface area (Å²) in [6.45, 7) is 0. The molecule has 1 heterocycles. The molecule has 3 rings (SSSR count). The van der Waals surface area contributed by atoms with Gasteiger partial charge >= 0.3 is 6.18 Å². The second-order valence-electron chi connectivity index (χ2n) is 7.30. The molecule has 1 aliphatic carbocycles. The normalized spacial score (nSPS) is 23.8. The molecule has 0 spiro atoms. The van der Waals surface area contributed by atoms with Crippen LogP contribution in [0.3, 0.4) is 0 Å². The summed E-state index contributed by atoms with van der Waals surface area (Å²) in [6.07, 6.45) is 1.88. The largest absolute Gasteiger partial charge is 0.391 e. The number of nitrogens with zero attached hydrogens (tertiary/aromatic N) is 1. The zero-order valence-corrected chi connectivity index (χ0v) is 15.7. The quantitative estimate of drug-likeness (QED) is 0.660. The van der Waals surface area contributed by atoms with Crippen LogP contribution in [0.1, 0.15) is 48.9 Å². The average molecular weight is 418 g/mol. The van der Waals surface area contributed by atoms with E-state index in [2.05, 4.69) is 10.3 Å². The summed E-state index contributed by atoms with van der Waals surface area (Å²) in [5.41, 5.74) is 2.22. The number of hydrogen-bond acceptors (Lipinski definition) is 3. The Bertz CT molecular complexity index is 817. The Kier molecular flexibility index (Phi) is 5.44. The fourth-order valence-corrected chi connectivity index (χ4v) is 4.41. The number of primary amides is 1. The molecule has 1 aromatic rings. The van der Waals surface area contributed by atoms with Crippen LogP contribution in [0.2, 0.25) is 5.02 Å². The van der Waals surface area contributed by atoms with Crippen LogP contribution in [0.15, 0.2) is 29.3 Å². The van der Waals surface area contributed by atoms with Gasteiger partial charge in [-0.3, -0.25) is 9.79 Å². The van der Waals surface area contributed by atoms with Crippen molar-refractivity contribution in [3.63, 3.8) is 0 Å². The van der Waals surface area contributed by atoms with Crippen molar-refractivity contribution in [1.82, 2.24) is 0 Å². The number of amides is 1. The highest BCUT2D eigenvalue weighted by atomic mass is 35.5. The molecule has 0 aromatic heterocycles. The van der Waals surface area contributed by atoms with Crippen molar-refractivity contribution < 1.29 is 22.4 Å². The van der Waals surface area contributed by atoms with Gasteiger partial charge in [0, 0.05) is 6.21 Å². The topological polar surface area (TPSA) is 67.5 Å². The summed E-state index contributed by atoms with van der Waals surface area (Å²) in [5, 5.41) is 3.09. The Morgan fingerprint density at radius 3 is 2.46 bits per heavy atom. The number of allylic oxidation sites excluding steroid dienone is 1. The molecule has 3 N–H and O–H groups in total. The lowest BCUT2D eigenvalue weighted by molar-refractivity contribution is -0.148. The van der Waals surface area contributed by atoms with Crippen LogP contribution < -0.4 is 11.1 Å². The van der Waals surface area contributed by atoms with Gasteiger partial charge in [0.05, 0.1) is 28.2 Å². The first-order valence-corrected chi connectivity index (χ1v) is 9.32. The fraction of sp³-hybridized carbons (Fsp3) is 0.474. The average Bonchev–Trinajstić information content (AvgIpc) is 3.06. The molecule has 1 aliphatic heterocycles. The van der Waals surface area contributed by atoms with E-state index in [4.69, 9.17) is 17.3 Å². The minimum Gasteiger partial charge on any atom is -0.376 e. The molecule has 1 aromatic carbocycles. The molecular weight excluding hydrogens is 398 g/mol. The molecule has 152 valence electrons. The van der Waals surface area contributed by atoms with Gasteiger partial charge in [0.1, 0.15) is 11.4 Å². The van der Waals surface area contributed by atoms with E-state index in [0.717, 1.165) is 18.6 Å². The van der Waals surface area contributed by atoms with Gasteiger partial charge < -0.3 is 11.1 Å². The van der Waals surface area contributed by atoms with Crippen molar-refractivity contribution in [3.05, 3.63) is 40.7 Å². The van der Waals surface area contributed by atoms with Crippen molar-refractivity contribution in [2.24, 2.45) is 10.7 Å². The van der Waals surface area contributed by atoms with Crippen molar-refractivity contribution in [3.8, 4) is 0 Å². The van der Waals surface area contributed by atoms with Crippen LogP contribution in [0.25, 0.3) is 0 Å². The lowest BCUT2D eigenvalue weighted by Crippen LogP contribution is -2.59. The number of halogens is 5. The lowest BCUT2D eigenvalue weighted by atomic mass is 9.66. The van der Waals surface area contributed by atoms with E-state index in [1.165, 1.54) is 18.4 Å². The summed E-state index contributed by atoms with van der Waals surface area (Å²) in [7, 11) is 0. The zero-order valence-electron chi connectivity index (χ0n) is 15.0. The van der Waals surface area contributed by atoms with Gasteiger partial charge in [0.15, 0.2) is 0 Å². The van der Waals surface area contributed by atoms with E-state index in [0.29, 0.717) is 25.7 Å². The summed E-state index contributed by atoms with van der Waals surface area (Å²) >= 11 is 6.20. The van der Waals surface area contributed by atoms with E-state index < -0.39 is 35.4 Å². The molecule has 1 atom stereocenters. The highest BCUT2D eigenvalue weighted by Gasteiger charge is 2.56. The summed E-state index contributed by atoms with van der Waals surface area (Å²) < 4.78 is 54.6. The van der Waals surface area contributed by atoms with Crippen LogP contribution in [0.5, 0.6) is 0 Å². The molecule has 0 saturated heterocycles. The first kappa shape index (κ1) is 20.6. The minimum atomic E-state index is -4.44. The van der Waals surface area contributed by atoms with E-state index >= 15 is 0 Å². The monoisotopic (exact) mass is 417 g/mol. The number of hydrogen-bond donors (Lipinski definition) is 2. The second-order valence-corrected chi connectivity index (χ2v) is 7.70. The van der Waals surface area contributed by atoms with Gasteiger partial charge in [0.2, 0.25) is 0 Å². The van der Waals surface area contributed by atoms with Gasteiger partial charge in [-0.2, -0.15) is 13.2 Å². The van der Waals surface area contributed by atoms with E-state index in [1.54, 1.807) is 0 Å². The summed E-state index contributed by atoms with van der Waals surface area (Å²) in [5.74, 6) is -1.86. The maximum Gasteiger partial charge on any atom is 0.391 e. The molecule has 0 radical (unpaired) electrons. The number of anilines is 1. The molecule has 4 nitrogen and oxygen atoms in total. The summed E-state index contributed by atoms with van der Waals surface area (Å²) in [6, 6.07) is 2.09. The smallest absolute Gasteiger partial charge is 0.376 e. The Hall–Kier alpha value is -2.09. The SMILES string of the molecule is NC(=O)c1cc(Cl)c(NC2(C3(CC(F)(F)F)C=CC=N3)CCCCC2)cc1F. The lowest BCUT2D eigenvalue weighted by Gasteiger charge is -2.49. The number of carbonyl (C=O) groups excluding carboxylic acids is 1. The number of alkyl halides is 3.